The molecule has 0 aliphatic carbocycles. The summed E-state index contributed by atoms with van der Waals surface area (Å²) < 4.78 is 6.03. The van der Waals surface area contributed by atoms with Crippen molar-refractivity contribution in [2.45, 2.75) is 12.8 Å². The van der Waals surface area contributed by atoms with Crippen LogP contribution in [0.25, 0.3) is 10.8 Å². The Morgan fingerprint density at radius 1 is 1.00 bits per heavy atom. The van der Waals surface area contributed by atoms with E-state index in [1.807, 2.05) is 0 Å². The third-order valence-corrected chi connectivity index (χ3v) is 3.68. The molecule has 1 saturated heterocycles. The fourth-order valence-corrected chi connectivity index (χ4v) is 2.58. The van der Waals surface area contributed by atoms with Crippen molar-refractivity contribution in [1.29, 1.82) is 0 Å². The number of rotatable bonds is 3. The van der Waals surface area contributed by atoms with Crippen LogP contribution in [0.4, 0.5) is 0 Å². The standard InChI is InChI=1S/C16H19NO/c1-2-6-15-14(4-1)5-3-7-16(15)18-12-13-8-10-17-11-9-13/h1-7,13,17H,8-12H2. The molecule has 0 amide bonds. The summed E-state index contributed by atoms with van der Waals surface area (Å²) in [5.41, 5.74) is 0. The summed E-state index contributed by atoms with van der Waals surface area (Å²) in [7, 11) is 0. The van der Waals surface area contributed by atoms with Gasteiger partial charge >= 0.3 is 0 Å². The average molecular weight is 241 g/mol. The quantitative estimate of drug-likeness (QED) is 0.891. The van der Waals surface area contributed by atoms with Crippen LogP contribution in [0.3, 0.4) is 0 Å². The van der Waals surface area contributed by atoms with Crippen LogP contribution in [0, 0.1) is 5.92 Å². The minimum atomic E-state index is 0.699. The van der Waals surface area contributed by atoms with Crippen LogP contribution in [0.5, 0.6) is 5.75 Å². The summed E-state index contributed by atoms with van der Waals surface area (Å²) in [6.45, 7) is 3.10. The molecule has 2 aromatic carbocycles. The molecule has 0 atom stereocenters. The molecule has 0 bridgehead atoms. The van der Waals surface area contributed by atoms with Gasteiger partial charge in [0.05, 0.1) is 6.61 Å². The minimum absolute atomic E-state index is 0.699. The van der Waals surface area contributed by atoms with Crippen molar-refractivity contribution in [2.75, 3.05) is 19.7 Å². The van der Waals surface area contributed by atoms with Gasteiger partial charge in [-0.15, -0.1) is 0 Å². The zero-order valence-corrected chi connectivity index (χ0v) is 10.6. The Balaban J connectivity index is 1.74. The van der Waals surface area contributed by atoms with Gasteiger partial charge in [0, 0.05) is 5.39 Å². The molecule has 0 radical (unpaired) electrons. The van der Waals surface area contributed by atoms with Gasteiger partial charge in [0.2, 0.25) is 0 Å². The van der Waals surface area contributed by atoms with Crippen molar-refractivity contribution in [1.82, 2.24) is 5.32 Å². The number of benzene rings is 2. The molecular formula is C16H19NO. The molecule has 2 aromatic rings. The largest absolute Gasteiger partial charge is 0.493 e. The molecule has 1 aliphatic rings. The van der Waals surface area contributed by atoms with Gasteiger partial charge in [-0.2, -0.15) is 0 Å². The maximum Gasteiger partial charge on any atom is 0.127 e. The fraction of sp³-hybridized carbons (Fsp3) is 0.375. The van der Waals surface area contributed by atoms with Crippen LogP contribution in [0.15, 0.2) is 42.5 Å². The minimum Gasteiger partial charge on any atom is -0.493 e. The van der Waals surface area contributed by atoms with E-state index in [0.717, 1.165) is 25.4 Å². The lowest BCUT2D eigenvalue weighted by Crippen LogP contribution is -2.30. The molecule has 1 heterocycles. The second-order valence-corrected chi connectivity index (χ2v) is 4.98. The predicted molar refractivity (Wildman–Crippen MR) is 75.0 cm³/mol. The van der Waals surface area contributed by atoms with Crippen molar-refractivity contribution >= 4 is 10.8 Å². The van der Waals surface area contributed by atoms with Crippen molar-refractivity contribution in [3.8, 4) is 5.75 Å². The molecule has 18 heavy (non-hydrogen) atoms. The average Bonchev–Trinajstić information content (AvgIpc) is 2.46. The zero-order chi connectivity index (χ0) is 12.2. The van der Waals surface area contributed by atoms with E-state index in [9.17, 15) is 0 Å². The third kappa shape index (κ3) is 2.49. The van der Waals surface area contributed by atoms with E-state index in [1.54, 1.807) is 0 Å². The highest BCUT2D eigenvalue weighted by atomic mass is 16.5. The highest BCUT2D eigenvalue weighted by Gasteiger charge is 2.13. The molecule has 0 spiro atoms. The Labute approximate surface area is 108 Å². The van der Waals surface area contributed by atoms with Crippen molar-refractivity contribution < 1.29 is 4.74 Å². The van der Waals surface area contributed by atoms with Gasteiger partial charge in [-0.05, 0) is 43.3 Å². The van der Waals surface area contributed by atoms with Gasteiger partial charge in [0.25, 0.3) is 0 Å². The van der Waals surface area contributed by atoms with Crippen LogP contribution in [0.2, 0.25) is 0 Å². The first-order valence-corrected chi connectivity index (χ1v) is 6.75. The molecule has 94 valence electrons. The van der Waals surface area contributed by atoms with Crippen LogP contribution in [0.1, 0.15) is 12.8 Å². The van der Waals surface area contributed by atoms with E-state index in [0.29, 0.717) is 5.92 Å². The van der Waals surface area contributed by atoms with Gasteiger partial charge in [-0.25, -0.2) is 0 Å². The number of ether oxygens (including phenoxy) is 1. The first-order valence-electron chi connectivity index (χ1n) is 6.75. The Morgan fingerprint density at radius 3 is 2.67 bits per heavy atom. The van der Waals surface area contributed by atoms with Crippen molar-refractivity contribution in [2.24, 2.45) is 5.92 Å². The Kier molecular flexibility index (Phi) is 3.47. The second kappa shape index (κ2) is 5.40. The van der Waals surface area contributed by atoms with E-state index in [-0.39, 0.29) is 0 Å². The van der Waals surface area contributed by atoms with Crippen molar-refractivity contribution in [3.63, 3.8) is 0 Å². The summed E-state index contributed by atoms with van der Waals surface area (Å²) in [6, 6.07) is 14.7. The zero-order valence-electron chi connectivity index (χ0n) is 10.6. The van der Waals surface area contributed by atoms with E-state index in [4.69, 9.17) is 4.74 Å². The number of hydrogen-bond donors (Lipinski definition) is 1. The molecule has 1 N–H and O–H groups in total. The molecule has 3 rings (SSSR count). The lowest BCUT2D eigenvalue weighted by molar-refractivity contribution is 0.217. The highest BCUT2D eigenvalue weighted by molar-refractivity contribution is 5.88. The maximum atomic E-state index is 6.03. The van der Waals surface area contributed by atoms with Gasteiger partial charge in [-0.3, -0.25) is 0 Å². The third-order valence-electron chi connectivity index (χ3n) is 3.68. The lowest BCUT2D eigenvalue weighted by Gasteiger charge is -2.23. The Morgan fingerprint density at radius 2 is 1.78 bits per heavy atom. The second-order valence-electron chi connectivity index (χ2n) is 4.98. The molecule has 0 unspecified atom stereocenters. The number of hydrogen-bond acceptors (Lipinski definition) is 2. The van der Waals surface area contributed by atoms with Gasteiger partial charge in [0.1, 0.15) is 5.75 Å². The maximum absolute atomic E-state index is 6.03. The molecule has 1 aliphatic heterocycles. The van der Waals surface area contributed by atoms with Gasteiger partial charge in [-0.1, -0.05) is 36.4 Å². The van der Waals surface area contributed by atoms with Crippen molar-refractivity contribution in [3.05, 3.63) is 42.5 Å². The Hall–Kier alpha value is -1.54. The number of piperidine rings is 1. The van der Waals surface area contributed by atoms with Gasteiger partial charge < -0.3 is 10.1 Å². The first-order chi connectivity index (χ1) is 8.93. The highest BCUT2D eigenvalue weighted by Crippen LogP contribution is 2.26. The van der Waals surface area contributed by atoms with E-state index < -0.39 is 0 Å². The molecule has 1 fully saturated rings. The number of fused-ring (bicyclic) bond motifs is 1. The molecule has 2 heteroatoms. The lowest BCUT2D eigenvalue weighted by atomic mass is 9.99. The predicted octanol–water partition coefficient (Wildman–Crippen LogP) is 3.22. The first kappa shape index (κ1) is 11.5. The van der Waals surface area contributed by atoms with Crippen LogP contribution < -0.4 is 10.1 Å². The smallest absolute Gasteiger partial charge is 0.127 e. The summed E-state index contributed by atoms with van der Waals surface area (Å²) in [5.74, 6) is 1.72. The molecule has 0 saturated carbocycles. The van der Waals surface area contributed by atoms with E-state index >= 15 is 0 Å². The summed E-state index contributed by atoms with van der Waals surface area (Å²) in [6.07, 6.45) is 2.45. The van der Waals surface area contributed by atoms with E-state index in [2.05, 4.69) is 47.8 Å². The van der Waals surface area contributed by atoms with Crippen LogP contribution in [-0.2, 0) is 0 Å². The molecule has 0 aromatic heterocycles. The number of nitrogens with one attached hydrogen (secondary N) is 1. The molecular weight excluding hydrogens is 222 g/mol. The monoisotopic (exact) mass is 241 g/mol. The Bertz CT molecular complexity index is 512. The van der Waals surface area contributed by atoms with Gasteiger partial charge in [0.15, 0.2) is 0 Å². The van der Waals surface area contributed by atoms with Crippen LogP contribution >= 0.6 is 0 Å². The van der Waals surface area contributed by atoms with E-state index in [1.165, 1.54) is 23.6 Å². The SMILES string of the molecule is c1ccc2c(OCC3CCNCC3)cccc2c1. The topological polar surface area (TPSA) is 21.3 Å². The summed E-state index contributed by atoms with van der Waals surface area (Å²) in [5, 5.41) is 5.85. The normalized spacial score (nSPS) is 16.9. The summed E-state index contributed by atoms with van der Waals surface area (Å²) >= 11 is 0. The molecule has 2 nitrogen and oxygen atoms in total. The van der Waals surface area contributed by atoms with Crippen LogP contribution in [-0.4, -0.2) is 19.7 Å². The fourth-order valence-electron chi connectivity index (χ4n) is 2.58. The summed E-state index contributed by atoms with van der Waals surface area (Å²) in [4.78, 5) is 0.